The molecule has 2 aliphatic heterocycles. The molecule has 1 unspecified atom stereocenters. The molecule has 0 radical (unpaired) electrons. The lowest BCUT2D eigenvalue weighted by atomic mass is 9.82. The van der Waals surface area contributed by atoms with Gasteiger partial charge in [0.2, 0.25) is 5.91 Å². The Morgan fingerprint density at radius 2 is 1.60 bits per heavy atom. The van der Waals surface area contributed by atoms with Crippen LogP contribution in [0.4, 0.5) is 18.0 Å². The molecule has 2 heterocycles. The van der Waals surface area contributed by atoms with Crippen molar-refractivity contribution in [1.29, 1.82) is 0 Å². The second-order valence-electron chi connectivity index (χ2n) is 11.9. The molecule has 2 aromatic carbocycles. The van der Waals surface area contributed by atoms with E-state index in [2.05, 4.69) is 30.4 Å². The number of rotatable bonds is 6. The van der Waals surface area contributed by atoms with Gasteiger partial charge in [-0.1, -0.05) is 63.2 Å². The van der Waals surface area contributed by atoms with Crippen LogP contribution in [0.1, 0.15) is 57.2 Å². The normalized spacial score (nSPS) is 20.3. The summed E-state index contributed by atoms with van der Waals surface area (Å²) >= 11 is 0. The van der Waals surface area contributed by atoms with E-state index in [0.717, 1.165) is 18.4 Å². The highest BCUT2D eigenvalue weighted by Crippen LogP contribution is 2.37. The first kappa shape index (κ1) is 29.7. The Morgan fingerprint density at radius 1 is 0.950 bits per heavy atom. The molecule has 0 spiro atoms. The van der Waals surface area contributed by atoms with E-state index in [0.29, 0.717) is 44.7 Å². The maximum Gasteiger partial charge on any atom is 0.573 e. The summed E-state index contributed by atoms with van der Waals surface area (Å²) in [6.45, 7) is 9.14. The summed E-state index contributed by atoms with van der Waals surface area (Å²) in [5.74, 6) is 0.0543. The van der Waals surface area contributed by atoms with Crippen molar-refractivity contribution in [1.82, 2.24) is 14.7 Å². The second kappa shape index (κ2) is 12.1. The number of amides is 3. The zero-order valence-electron chi connectivity index (χ0n) is 23.4. The average Bonchev–Trinajstić information content (AvgIpc) is 2.88. The van der Waals surface area contributed by atoms with Crippen LogP contribution in [0, 0.1) is 11.3 Å². The van der Waals surface area contributed by atoms with Gasteiger partial charge in [-0.2, -0.15) is 0 Å². The molecule has 2 N–H and O–H groups in total. The molecule has 0 aromatic heterocycles. The van der Waals surface area contributed by atoms with Crippen LogP contribution in [-0.4, -0.2) is 71.8 Å². The van der Waals surface area contributed by atoms with Crippen LogP contribution in [-0.2, 0) is 4.79 Å². The summed E-state index contributed by atoms with van der Waals surface area (Å²) in [4.78, 5) is 30.9. The molecule has 0 saturated carbocycles. The average molecular weight is 561 g/mol. The number of urea groups is 1. The largest absolute Gasteiger partial charge is 0.573 e. The molecule has 2 saturated heterocycles. The fourth-order valence-corrected chi connectivity index (χ4v) is 5.93. The van der Waals surface area contributed by atoms with Gasteiger partial charge >= 0.3 is 12.4 Å². The number of likely N-dealkylation sites (tertiary alicyclic amines) is 1. The molecule has 4 rings (SSSR count). The van der Waals surface area contributed by atoms with Crippen molar-refractivity contribution in [2.45, 2.75) is 58.5 Å². The molecular weight excluding hydrogens is 521 g/mol. The fourth-order valence-electron chi connectivity index (χ4n) is 5.93. The van der Waals surface area contributed by atoms with Gasteiger partial charge in [0, 0.05) is 45.2 Å². The monoisotopic (exact) mass is 560 g/mol. The summed E-state index contributed by atoms with van der Waals surface area (Å²) < 4.78 is 43.2. The van der Waals surface area contributed by atoms with Gasteiger partial charge in [0.05, 0.1) is 6.04 Å². The third-order valence-electron chi connectivity index (χ3n) is 8.01. The maximum absolute atomic E-state index is 13.6. The molecule has 0 bridgehead atoms. The van der Waals surface area contributed by atoms with Gasteiger partial charge in [-0.05, 0) is 47.4 Å². The lowest BCUT2D eigenvalue weighted by molar-refractivity contribution is -0.274. The molecule has 10 heteroatoms. The first-order chi connectivity index (χ1) is 18.8. The number of carbonyl (C=O) groups is 2. The van der Waals surface area contributed by atoms with E-state index in [1.807, 2.05) is 41.3 Å². The molecule has 3 amide bonds. The van der Waals surface area contributed by atoms with E-state index < -0.39 is 12.4 Å². The van der Waals surface area contributed by atoms with E-state index in [4.69, 9.17) is 5.73 Å². The second-order valence-corrected chi connectivity index (χ2v) is 11.9. The first-order valence-electron chi connectivity index (χ1n) is 13.8. The van der Waals surface area contributed by atoms with E-state index >= 15 is 0 Å². The van der Waals surface area contributed by atoms with Gasteiger partial charge in [-0.3, -0.25) is 9.69 Å². The van der Waals surface area contributed by atoms with Crippen molar-refractivity contribution in [3.63, 3.8) is 0 Å². The van der Waals surface area contributed by atoms with Crippen molar-refractivity contribution >= 4 is 11.9 Å². The van der Waals surface area contributed by atoms with Crippen molar-refractivity contribution in [3.8, 4) is 5.75 Å². The quantitative estimate of drug-likeness (QED) is 0.512. The Morgan fingerprint density at radius 3 is 2.20 bits per heavy atom. The fraction of sp³-hybridized carbons (Fsp3) is 0.533. The minimum absolute atomic E-state index is 0.0970. The highest BCUT2D eigenvalue weighted by molar-refractivity contribution is 5.77. The molecule has 2 aliphatic rings. The Balaban J connectivity index is 1.55. The number of benzene rings is 2. The molecule has 7 nitrogen and oxygen atoms in total. The standard InChI is InChI=1S/C30H39F3N4O3/c1-29(2,3)25-20-36(16-17-37(25)26(38)18-21-12-14-35(15-13-21)28(34)39)27(22-8-5-4-6-9-22)23-10-7-11-24(19-23)40-30(31,32)33/h4-11,19,21,25,27H,12-18,20H2,1-3H3,(H2,34,39)/t25-,27?/m1/s1. The third-order valence-corrected chi connectivity index (χ3v) is 8.01. The van der Waals surface area contributed by atoms with Gasteiger partial charge in [0.25, 0.3) is 0 Å². The Kier molecular flexibility index (Phi) is 8.97. The molecule has 2 atom stereocenters. The number of halogens is 3. The topological polar surface area (TPSA) is 79.1 Å². The van der Waals surface area contributed by atoms with Crippen LogP contribution in [0.25, 0.3) is 0 Å². The van der Waals surface area contributed by atoms with Crippen molar-refractivity contribution in [2.24, 2.45) is 17.1 Å². The van der Waals surface area contributed by atoms with E-state index in [1.165, 1.54) is 12.1 Å². The number of nitrogens with two attached hydrogens (primary N) is 1. The summed E-state index contributed by atoms with van der Waals surface area (Å²) in [6, 6.07) is 15.0. The SMILES string of the molecule is CC(C)(C)[C@H]1CN(C(c2ccccc2)c2cccc(OC(F)(F)F)c2)CCN1C(=O)CC1CCN(C(N)=O)CC1. The van der Waals surface area contributed by atoms with Crippen LogP contribution in [0.15, 0.2) is 54.6 Å². The maximum atomic E-state index is 13.6. The summed E-state index contributed by atoms with van der Waals surface area (Å²) in [7, 11) is 0. The number of alkyl halides is 3. The lowest BCUT2D eigenvalue weighted by Crippen LogP contribution is -2.60. The van der Waals surface area contributed by atoms with Gasteiger partial charge in [0.15, 0.2) is 0 Å². The number of carbonyl (C=O) groups excluding carboxylic acids is 2. The van der Waals surface area contributed by atoms with Gasteiger partial charge in [0.1, 0.15) is 5.75 Å². The van der Waals surface area contributed by atoms with Crippen LogP contribution in [0.3, 0.4) is 0 Å². The minimum Gasteiger partial charge on any atom is -0.406 e. The van der Waals surface area contributed by atoms with Gasteiger partial charge in [-0.25, -0.2) is 4.79 Å². The number of piperidine rings is 1. The number of hydrogen-bond donors (Lipinski definition) is 1. The number of primary amides is 1. The predicted molar refractivity (Wildman–Crippen MR) is 146 cm³/mol. The summed E-state index contributed by atoms with van der Waals surface area (Å²) in [5.41, 5.74) is 6.83. The van der Waals surface area contributed by atoms with E-state index in [9.17, 15) is 22.8 Å². The van der Waals surface area contributed by atoms with Gasteiger partial charge < -0.3 is 20.3 Å². The van der Waals surface area contributed by atoms with E-state index in [-0.39, 0.29) is 35.1 Å². The van der Waals surface area contributed by atoms with Crippen LogP contribution >= 0.6 is 0 Å². The Bertz CT molecular complexity index is 1160. The van der Waals surface area contributed by atoms with Crippen molar-refractivity contribution in [3.05, 3.63) is 65.7 Å². The molecule has 218 valence electrons. The molecular formula is C30H39F3N4O3. The first-order valence-corrected chi connectivity index (χ1v) is 13.8. The smallest absolute Gasteiger partial charge is 0.406 e. The predicted octanol–water partition coefficient (Wildman–Crippen LogP) is 5.41. The number of piperazine rings is 1. The van der Waals surface area contributed by atoms with Crippen LogP contribution in [0.2, 0.25) is 0 Å². The van der Waals surface area contributed by atoms with Crippen LogP contribution < -0.4 is 10.5 Å². The molecule has 0 aliphatic carbocycles. The minimum atomic E-state index is -4.78. The Labute approximate surface area is 234 Å². The lowest BCUT2D eigenvalue weighted by Gasteiger charge is -2.50. The van der Waals surface area contributed by atoms with Crippen molar-refractivity contribution in [2.75, 3.05) is 32.7 Å². The molecule has 40 heavy (non-hydrogen) atoms. The van der Waals surface area contributed by atoms with Gasteiger partial charge in [-0.15, -0.1) is 13.2 Å². The molecule has 2 fully saturated rings. The zero-order chi connectivity index (χ0) is 29.1. The number of ether oxygens (including phenoxy) is 1. The van der Waals surface area contributed by atoms with Crippen LogP contribution in [0.5, 0.6) is 5.75 Å². The highest BCUT2D eigenvalue weighted by atomic mass is 19.4. The number of hydrogen-bond acceptors (Lipinski definition) is 4. The highest BCUT2D eigenvalue weighted by Gasteiger charge is 2.41. The zero-order valence-corrected chi connectivity index (χ0v) is 23.4. The Hall–Kier alpha value is -3.27. The van der Waals surface area contributed by atoms with E-state index in [1.54, 1.807) is 11.0 Å². The summed E-state index contributed by atoms with van der Waals surface area (Å²) in [5, 5.41) is 0. The third kappa shape index (κ3) is 7.47. The number of nitrogens with zero attached hydrogens (tertiary/aromatic N) is 3. The molecule has 2 aromatic rings. The van der Waals surface area contributed by atoms with Crippen molar-refractivity contribution < 1.29 is 27.5 Å². The summed E-state index contributed by atoms with van der Waals surface area (Å²) in [6.07, 6.45) is -2.85.